The predicted molar refractivity (Wildman–Crippen MR) is 147 cm³/mol. The van der Waals surface area contributed by atoms with Gasteiger partial charge < -0.3 is 20.8 Å². The first kappa shape index (κ1) is 23.5. The van der Waals surface area contributed by atoms with Gasteiger partial charge in [0.2, 0.25) is 0 Å². The first-order valence-electron chi connectivity index (χ1n) is 12.2. The Kier molecular flexibility index (Phi) is 5.50. The van der Waals surface area contributed by atoms with Crippen molar-refractivity contribution in [2.75, 3.05) is 7.05 Å². The molecular weight excluding hydrogens is 480 g/mol. The van der Waals surface area contributed by atoms with E-state index in [0.717, 1.165) is 10.9 Å². The Balaban J connectivity index is 1.60. The third-order valence-electron chi connectivity index (χ3n) is 6.94. The Hall–Kier alpha value is -4.89. The Bertz CT molecular complexity index is 1800. The average Bonchev–Trinajstić information content (AvgIpc) is 3.26. The number of hydrogen-bond acceptors (Lipinski definition) is 7. The number of fused-ring (bicyclic) bond motifs is 2. The SMILES string of the molecule is Cc1cccc2cc(Cn3nc(-c4cccc(O)c4)c4c3N=CN(C)C4N)n(-c3ccccc3O)c(=O)c12. The van der Waals surface area contributed by atoms with Gasteiger partial charge in [0.25, 0.3) is 5.56 Å². The van der Waals surface area contributed by atoms with E-state index in [1.54, 1.807) is 58.4 Å². The minimum atomic E-state index is -0.506. The number of hydrogen-bond donors (Lipinski definition) is 3. The summed E-state index contributed by atoms with van der Waals surface area (Å²) in [5.41, 5.74) is 10.2. The summed E-state index contributed by atoms with van der Waals surface area (Å²) in [6.45, 7) is 2.08. The zero-order valence-electron chi connectivity index (χ0n) is 20.9. The van der Waals surface area contributed by atoms with Crippen molar-refractivity contribution in [3.63, 3.8) is 0 Å². The van der Waals surface area contributed by atoms with Crippen molar-refractivity contribution in [1.82, 2.24) is 19.2 Å². The highest BCUT2D eigenvalue weighted by Gasteiger charge is 2.29. The van der Waals surface area contributed by atoms with Gasteiger partial charge in [-0.25, -0.2) is 9.67 Å². The van der Waals surface area contributed by atoms with Crippen molar-refractivity contribution in [2.45, 2.75) is 19.6 Å². The van der Waals surface area contributed by atoms with Gasteiger partial charge in [0.1, 0.15) is 23.4 Å². The molecule has 9 heteroatoms. The highest BCUT2D eigenvalue weighted by molar-refractivity contribution is 5.85. The molecule has 0 spiro atoms. The van der Waals surface area contributed by atoms with Crippen LogP contribution in [0.3, 0.4) is 0 Å². The van der Waals surface area contributed by atoms with Crippen molar-refractivity contribution >= 4 is 22.9 Å². The summed E-state index contributed by atoms with van der Waals surface area (Å²) in [7, 11) is 1.84. The van der Waals surface area contributed by atoms with Crippen LogP contribution in [0.25, 0.3) is 27.7 Å². The monoisotopic (exact) mass is 506 g/mol. The Morgan fingerprint density at radius 3 is 2.58 bits per heavy atom. The number of phenolic OH excluding ortho intramolecular Hbond substituents is 2. The summed E-state index contributed by atoms with van der Waals surface area (Å²) in [5.74, 6) is 0.674. The minimum Gasteiger partial charge on any atom is -0.508 e. The van der Waals surface area contributed by atoms with Gasteiger partial charge in [-0.15, -0.1) is 0 Å². The highest BCUT2D eigenvalue weighted by Crippen LogP contribution is 2.39. The molecule has 3 heterocycles. The summed E-state index contributed by atoms with van der Waals surface area (Å²) in [4.78, 5) is 20.3. The molecule has 0 aliphatic carbocycles. The standard InChI is InChI=1S/C29H26N6O3/c1-17-7-5-8-18-13-20(35(29(38)24(17)18)22-11-3-4-12-23(22)37)15-34-28-25(27(30)33(2)16-31-28)26(32-34)19-9-6-10-21(36)14-19/h3-14,16,27,36-37H,15,30H2,1-2H3. The van der Waals surface area contributed by atoms with E-state index in [2.05, 4.69) is 4.99 Å². The second-order valence-electron chi connectivity index (χ2n) is 9.45. The number of pyridine rings is 1. The number of rotatable bonds is 4. The third kappa shape index (κ3) is 3.72. The van der Waals surface area contributed by atoms with E-state index in [1.807, 2.05) is 44.3 Å². The number of aromatic nitrogens is 3. The Labute approximate surface area is 218 Å². The molecule has 2 aromatic heterocycles. The van der Waals surface area contributed by atoms with Crippen LogP contribution in [0.2, 0.25) is 0 Å². The van der Waals surface area contributed by atoms with Crippen molar-refractivity contribution in [3.8, 4) is 28.4 Å². The summed E-state index contributed by atoms with van der Waals surface area (Å²) >= 11 is 0. The number of nitrogens with two attached hydrogens (primary N) is 1. The van der Waals surface area contributed by atoms with Crippen molar-refractivity contribution < 1.29 is 10.2 Å². The lowest BCUT2D eigenvalue weighted by Gasteiger charge is -2.26. The van der Waals surface area contributed by atoms with Crippen LogP contribution in [-0.4, -0.2) is 42.8 Å². The molecule has 4 N–H and O–H groups in total. The van der Waals surface area contributed by atoms with Crippen LogP contribution in [0.15, 0.2) is 82.6 Å². The van der Waals surface area contributed by atoms with Crippen molar-refractivity contribution in [1.29, 1.82) is 0 Å². The van der Waals surface area contributed by atoms with Crippen molar-refractivity contribution in [3.05, 3.63) is 100.0 Å². The first-order valence-corrected chi connectivity index (χ1v) is 12.2. The fraction of sp³-hybridized carbons (Fsp3) is 0.138. The number of aliphatic imine (C=N–C) groups is 1. The topological polar surface area (TPSA) is 122 Å². The van der Waals surface area contributed by atoms with E-state index < -0.39 is 6.17 Å². The van der Waals surface area contributed by atoms with Crippen LogP contribution >= 0.6 is 0 Å². The molecule has 1 aliphatic rings. The quantitative estimate of drug-likeness (QED) is 0.336. The number of phenols is 2. The molecule has 190 valence electrons. The van der Waals surface area contributed by atoms with Gasteiger partial charge in [-0.2, -0.15) is 5.10 Å². The maximum Gasteiger partial charge on any atom is 0.263 e. The van der Waals surface area contributed by atoms with Crippen LogP contribution in [0, 0.1) is 6.92 Å². The smallest absolute Gasteiger partial charge is 0.263 e. The summed E-state index contributed by atoms with van der Waals surface area (Å²) in [6.07, 6.45) is 1.14. The molecule has 0 amide bonds. The lowest BCUT2D eigenvalue weighted by molar-refractivity contribution is 0.391. The summed E-state index contributed by atoms with van der Waals surface area (Å²) in [6, 6.07) is 21.3. The van der Waals surface area contributed by atoms with E-state index >= 15 is 0 Å². The lowest BCUT2D eigenvalue weighted by Crippen LogP contribution is -2.32. The van der Waals surface area contributed by atoms with Gasteiger partial charge in [-0.1, -0.05) is 42.5 Å². The Morgan fingerprint density at radius 2 is 1.79 bits per heavy atom. The lowest BCUT2D eigenvalue weighted by atomic mass is 10.0. The molecule has 0 saturated carbocycles. The molecule has 9 nitrogen and oxygen atoms in total. The van der Waals surface area contributed by atoms with E-state index in [1.165, 1.54) is 4.57 Å². The van der Waals surface area contributed by atoms with Crippen LogP contribution in [0.1, 0.15) is 23.0 Å². The molecule has 0 radical (unpaired) electrons. The molecule has 1 aliphatic heterocycles. The van der Waals surface area contributed by atoms with Gasteiger partial charge in [-0.3, -0.25) is 9.36 Å². The minimum absolute atomic E-state index is 0.00611. The number of nitrogens with zero attached hydrogens (tertiary/aromatic N) is 5. The van der Waals surface area contributed by atoms with E-state index in [9.17, 15) is 15.0 Å². The van der Waals surface area contributed by atoms with Gasteiger partial charge in [-0.05, 0) is 48.2 Å². The number of aryl methyl sites for hydroxylation is 1. The summed E-state index contributed by atoms with van der Waals surface area (Å²) < 4.78 is 3.25. The molecule has 3 aromatic carbocycles. The third-order valence-corrected chi connectivity index (χ3v) is 6.94. The molecule has 38 heavy (non-hydrogen) atoms. The van der Waals surface area contributed by atoms with Gasteiger partial charge in [0.05, 0.1) is 29.5 Å². The zero-order valence-corrected chi connectivity index (χ0v) is 20.9. The molecule has 1 atom stereocenters. The maximum atomic E-state index is 13.9. The molecule has 0 fully saturated rings. The molecule has 0 saturated heterocycles. The fourth-order valence-corrected chi connectivity index (χ4v) is 5.05. The van der Waals surface area contributed by atoms with E-state index in [-0.39, 0.29) is 23.6 Å². The largest absolute Gasteiger partial charge is 0.508 e. The molecule has 1 unspecified atom stereocenters. The predicted octanol–water partition coefficient (Wildman–Crippen LogP) is 4.18. The van der Waals surface area contributed by atoms with Crippen LogP contribution < -0.4 is 11.3 Å². The zero-order chi connectivity index (χ0) is 26.6. The van der Waals surface area contributed by atoms with Gasteiger partial charge in [0, 0.05) is 18.3 Å². The number of aromatic hydroxyl groups is 2. The second kappa shape index (κ2) is 8.89. The molecule has 5 aromatic rings. The van der Waals surface area contributed by atoms with E-state index in [0.29, 0.717) is 39.4 Å². The molecule has 0 bridgehead atoms. The Morgan fingerprint density at radius 1 is 1.00 bits per heavy atom. The second-order valence-corrected chi connectivity index (χ2v) is 9.45. The van der Waals surface area contributed by atoms with Crippen molar-refractivity contribution in [2.24, 2.45) is 10.7 Å². The van der Waals surface area contributed by atoms with Crippen LogP contribution in [-0.2, 0) is 6.54 Å². The van der Waals surface area contributed by atoms with Crippen LogP contribution in [0.4, 0.5) is 5.82 Å². The number of para-hydroxylation sites is 2. The fourth-order valence-electron chi connectivity index (χ4n) is 5.05. The van der Waals surface area contributed by atoms with Gasteiger partial charge in [0.15, 0.2) is 5.82 Å². The highest BCUT2D eigenvalue weighted by atomic mass is 16.3. The van der Waals surface area contributed by atoms with E-state index in [4.69, 9.17) is 10.8 Å². The number of benzene rings is 3. The normalized spacial score (nSPS) is 14.7. The molecule has 6 rings (SSSR count). The maximum absolute atomic E-state index is 13.9. The van der Waals surface area contributed by atoms with Gasteiger partial charge >= 0.3 is 0 Å². The first-order chi connectivity index (χ1) is 18.3. The molecular formula is C29H26N6O3. The average molecular weight is 507 g/mol. The summed E-state index contributed by atoms with van der Waals surface area (Å²) in [5, 5.41) is 27.1. The van der Waals surface area contributed by atoms with Crippen LogP contribution in [0.5, 0.6) is 11.5 Å².